The van der Waals surface area contributed by atoms with Gasteiger partial charge in [0.2, 0.25) is 5.91 Å². The molecule has 2 aromatic carbocycles. The second-order valence-corrected chi connectivity index (χ2v) is 6.94. The van der Waals surface area contributed by atoms with Gasteiger partial charge in [0.25, 0.3) is 5.56 Å². The van der Waals surface area contributed by atoms with Crippen LogP contribution in [-0.2, 0) is 18.9 Å². The molecule has 3 heterocycles. The van der Waals surface area contributed by atoms with Gasteiger partial charge in [-0.25, -0.2) is 4.68 Å². The number of pyridine rings is 1. The van der Waals surface area contributed by atoms with Gasteiger partial charge in [0, 0.05) is 32.0 Å². The van der Waals surface area contributed by atoms with E-state index in [4.69, 9.17) is 0 Å². The first-order chi connectivity index (χ1) is 13.0. The second kappa shape index (κ2) is 5.51. The average Bonchev–Trinajstić information content (AvgIpc) is 3.05. The lowest BCUT2D eigenvalue weighted by Crippen LogP contribution is -2.30. The molecule has 0 aliphatic carbocycles. The Bertz CT molecular complexity index is 1300. The molecule has 27 heavy (non-hydrogen) atoms. The van der Waals surface area contributed by atoms with Gasteiger partial charge in [-0.3, -0.25) is 9.59 Å². The van der Waals surface area contributed by atoms with Crippen LogP contribution in [0.5, 0.6) is 0 Å². The van der Waals surface area contributed by atoms with Gasteiger partial charge in [0.15, 0.2) is 0 Å². The number of rotatable bonds is 1. The van der Waals surface area contributed by atoms with Gasteiger partial charge in [-0.1, -0.05) is 29.5 Å². The summed E-state index contributed by atoms with van der Waals surface area (Å²) in [5.41, 5.74) is 4.43. The zero-order valence-corrected chi connectivity index (χ0v) is 14.9. The standard InChI is InChI=1S/C20H17N5O2/c1-24-15-6-4-3-5-11(15)9-14(20(24)27)13-10-17(26)21-18-12(13)7-8-16-19(18)22-23-25(16)2/h3-9,13H,10H2,1-2H3,(H,21,26). The van der Waals surface area contributed by atoms with Crippen molar-refractivity contribution in [1.82, 2.24) is 19.6 Å². The maximum atomic E-state index is 13.1. The monoisotopic (exact) mass is 359 g/mol. The molecule has 0 saturated carbocycles. The molecule has 0 bridgehead atoms. The summed E-state index contributed by atoms with van der Waals surface area (Å²) in [4.78, 5) is 25.5. The Morgan fingerprint density at radius 3 is 2.70 bits per heavy atom. The van der Waals surface area contributed by atoms with Crippen LogP contribution in [-0.4, -0.2) is 25.5 Å². The Kier molecular flexibility index (Phi) is 3.21. The minimum Gasteiger partial charge on any atom is -0.324 e. The largest absolute Gasteiger partial charge is 0.324 e. The number of para-hydroxylation sites is 1. The predicted molar refractivity (Wildman–Crippen MR) is 103 cm³/mol. The molecule has 0 saturated heterocycles. The van der Waals surface area contributed by atoms with Crippen LogP contribution < -0.4 is 10.9 Å². The van der Waals surface area contributed by atoms with Gasteiger partial charge in [0.05, 0.1) is 16.7 Å². The van der Waals surface area contributed by atoms with Crippen LogP contribution in [0.3, 0.4) is 0 Å². The van der Waals surface area contributed by atoms with E-state index in [1.807, 2.05) is 49.5 Å². The van der Waals surface area contributed by atoms with E-state index < -0.39 is 0 Å². The number of nitrogens with one attached hydrogen (secondary N) is 1. The first-order valence-electron chi connectivity index (χ1n) is 8.75. The number of anilines is 1. The third-order valence-corrected chi connectivity index (χ3v) is 5.38. The fraction of sp³-hybridized carbons (Fsp3) is 0.200. The van der Waals surface area contributed by atoms with Crippen molar-refractivity contribution < 1.29 is 4.79 Å². The second-order valence-electron chi connectivity index (χ2n) is 6.94. The van der Waals surface area contributed by atoms with Crippen molar-refractivity contribution >= 4 is 33.5 Å². The Balaban J connectivity index is 1.79. The number of aryl methyl sites for hydroxylation is 2. The summed E-state index contributed by atoms with van der Waals surface area (Å²) in [7, 11) is 3.58. The highest BCUT2D eigenvalue weighted by Gasteiger charge is 2.31. The van der Waals surface area contributed by atoms with Crippen LogP contribution in [0.25, 0.3) is 21.9 Å². The van der Waals surface area contributed by atoms with Crippen molar-refractivity contribution in [2.75, 3.05) is 5.32 Å². The summed E-state index contributed by atoms with van der Waals surface area (Å²) in [6.07, 6.45) is 0.229. The summed E-state index contributed by atoms with van der Waals surface area (Å²) in [5.74, 6) is -0.440. The molecular formula is C20H17N5O2. The molecule has 0 fully saturated rings. The summed E-state index contributed by atoms with van der Waals surface area (Å²) in [6, 6.07) is 13.6. The normalized spacial score (nSPS) is 16.5. The number of aromatic nitrogens is 4. The van der Waals surface area contributed by atoms with Gasteiger partial charge in [0.1, 0.15) is 5.52 Å². The van der Waals surface area contributed by atoms with Crippen molar-refractivity contribution in [3.63, 3.8) is 0 Å². The lowest BCUT2D eigenvalue weighted by molar-refractivity contribution is -0.116. The molecule has 5 rings (SSSR count). The molecule has 4 aromatic rings. The first kappa shape index (κ1) is 15.7. The summed E-state index contributed by atoms with van der Waals surface area (Å²) < 4.78 is 3.32. The maximum absolute atomic E-state index is 13.1. The SMILES string of the molecule is Cn1nnc2c3c(ccc21)C(c1cc2ccccc2n(C)c1=O)CC(=O)N3. The molecule has 1 aliphatic heterocycles. The maximum Gasteiger partial charge on any atom is 0.254 e. The lowest BCUT2D eigenvalue weighted by Gasteiger charge is -2.26. The van der Waals surface area contributed by atoms with Crippen LogP contribution >= 0.6 is 0 Å². The van der Waals surface area contributed by atoms with Gasteiger partial charge in [-0.15, -0.1) is 5.10 Å². The quantitative estimate of drug-likeness (QED) is 0.565. The molecule has 134 valence electrons. The lowest BCUT2D eigenvalue weighted by atomic mass is 9.84. The van der Waals surface area contributed by atoms with Crippen molar-refractivity contribution in [3.05, 3.63) is 63.9 Å². The third-order valence-electron chi connectivity index (χ3n) is 5.38. The highest BCUT2D eigenvalue weighted by atomic mass is 16.1. The first-order valence-corrected chi connectivity index (χ1v) is 8.75. The number of amides is 1. The van der Waals surface area contributed by atoms with Gasteiger partial charge >= 0.3 is 0 Å². The summed E-state index contributed by atoms with van der Waals surface area (Å²) in [5, 5.41) is 12.1. The van der Waals surface area contributed by atoms with Gasteiger partial charge in [-0.2, -0.15) is 0 Å². The molecule has 1 aliphatic rings. The molecule has 0 spiro atoms. The highest BCUT2D eigenvalue weighted by molar-refractivity contribution is 6.03. The smallest absolute Gasteiger partial charge is 0.254 e. The van der Waals surface area contributed by atoms with Gasteiger partial charge < -0.3 is 9.88 Å². The van der Waals surface area contributed by atoms with E-state index in [1.165, 1.54) is 0 Å². The molecule has 1 amide bonds. The average molecular weight is 359 g/mol. The van der Waals surface area contributed by atoms with Crippen LogP contribution in [0.4, 0.5) is 5.69 Å². The molecule has 1 atom stereocenters. The topological polar surface area (TPSA) is 81.8 Å². The minimum absolute atomic E-state index is 0.0846. The summed E-state index contributed by atoms with van der Waals surface area (Å²) in [6.45, 7) is 0. The van der Waals surface area contributed by atoms with Crippen LogP contribution in [0.2, 0.25) is 0 Å². The van der Waals surface area contributed by atoms with Crippen LogP contribution in [0.15, 0.2) is 47.3 Å². The zero-order valence-electron chi connectivity index (χ0n) is 14.9. The fourth-order valence-electron chi connectivity index (χ4n) is 4.00. The minimum atomic E-state index is -0.316. The number of carbonyl (C=O) groups excluding carboxylic acids is 1. The van der Waals surface area contributed by atoms with Crippen molar-refractivity contribution in [2.45, 2.75) is 12.3 Å². The van der Waals surface area contributed by atoms with E-state index in [0.717, 1.165) is 22.0 Å². The summed E-state index contributed by atoms with van der Waals surface area (Å²) >= 11 is 0. The Hall–Kier alpha value is -3.48. The van der Waals surface area contributed by atoms with Crippen molar-refractivity contribution in [3.8, 4) is 0 Å². The van der Waals surface area contributed by atoms with E-state index in [2.05, 4.69) is 15.6 Å². The van der Waals surface area contributed by atoms with Crippen LogP contribution in [0, 0.1) is 0 Å². The zero-order chi connectivity index (χ0) is 18.7. The molecule has 2 aromatic heterocycles. The van der Waals surface area contributed by atoms with E-state index in [9.17, 15) is 9.59 Å². The number of fused-ring (bicyclic) bond motifs is 4. The van der Waals surface area contributed by atoms with Crippen LogP contribution in [0.1, 0.15) is 23.5 Å². The number of carbonyl (C=O) groups is 1. The third kappa shape index (κ3) is 2.21. The van der Waals surface area contributed by atoms with Crippen molar-refractivity contribution in [2.24, 2.45) is 14.1 Å². The Morgan fingerprint density at radius 2 is 1.85 bits per heavy atom. The number of hydrogen-bond donors (Lipinski definition) is 1. The number of benzene rings is 2. The highest BCUT2D eigenvalue weighted by Crippen LogP contribution is 2.39. The van der Waals surface area contributed by atoms with E-state index in [0.29, 0.717) is 16.8 Å². The molecule has 1 unspecified atom stereocenters. The predicted octanol–water partition coefficient (Wildman–Crippen LogP) is 2.29. The van der Waals surface area contributed by atoms with Gasteiger partial charge in [-0.05, 0) is 29.1 Å². The Morgan fingerprint density at radius 1 is 1.04 bits per heavy atom. The number of hydrogen-bond acceptors (Lipinski definition) is 4. The fourth-order valence-corrected chi connectivity index (χ4v) is 4.00. The van der Waals surface area contributed by atoms with E-state index in [1.54, 1.807) is 16.3 Å². The van der Waals surface area contributed by atoms with E-state index >= 15 is 0 Å². The molecule has 7 nitrogen and oxygen atoms in total. The molecule has 1 N–H and O–H groups in total. The molecule has 0 radical (unpaired) electrons. The Labute approximate surface area is 154 Å². The molecular weight excluding hydrogens is 342 g/mol. The number of nitrogens with zero attached hydrogens (tertiary/aromatic N) is 4. The molecule has 7 heteroatoms. The van der Waals surface area contributed by atoms with Crippen molar-refractivity contribution in [1.29, 1.82) is 0 Å². The van der Waals surface area contributed by atoms with E-state index in [-0.39, 0.29) is 23.8 Å².